The Hall–Kier alpha value is -0.520. The zero-order valence-electron chi connectivity index (χ0n) is 9.84. The van der Waals surface area contributed by atoms with E-state index in [4.69, 9.17) is 6.42 Å². The highest BCUT2D eigenvalue weighted by atomic mass is 15.1. The highest BCUT2D eigenvalue weighted by Crippen LogP contribution is 1.97. The van der Waals surface area contributed by atoms with Crippen LogP contribution < -0.4 is 5.32 Å². The summed E-state index contributed by atoms with van der Waals surface area (Å²) in [7, 11) is 0. The van der Waals surface area contributed by atoms with Crippen molar-refractivity contribution in [2.24, 2.45) is 0 Å². The number of terminal acetylenes is 1. The average molecular weight is 196 g/mol. The van der Waals surface area contributed by atoms with Crippen molar-refractivity contribution in [3.63, 3.8) is 0 Å². The quantitative estimate of drug-likeness (QED) is 0.595. The van der Waals surface area contributed by atoms with Crippen molar-refractivity contribution in [2.45, 2.75) is 39.7 Å². The maximum Gasteiger partial charge on any atom is 0.0598 e. The molecule has 0 aromatic rings. The highest BCUT2D eigenvalue weighted by molar-refractivity contribution is 4.88. The van der Waals surface area contributed by atoms with Crippen LogP contribution in [0.2, 0.25) is 0 Å². The van der Waals surface area contributed by atoms with Crippen LogP contribution in [0.1, 0.15) is 33.6 Å². The van der Waals surface area contributed by atoms with E-state index in [1.54, 1.807) is 0 Å². The van der Waals surface area contributed by atoms with E-state index < -0.39 is 0 Å². The Morgan fingerprint density at radius 2 is 2.07 bits per heavy atom. The first-order valence-corrected chi connectivity index (χ1v) is 5.63. The smallest absolute Gasteiger partial charge is 0.0598 e. The molecule has 0 fully saturated rings. The van der Waals surface area contributed by atoms with Crippen molar-refractivity contribution >= 4 is 0 Å². The number of nitrogens with one attached hydrogen (secondary N) is 1. The van der Waals surface area contributed by atoms with Crippen LogP contribution in [-0.4, -0.2) is 37.1 Å². The normalized spacial score (nSPS) is 12.8. The third-order valence-corrected chi connectivity index (χ3v) is 2.29. The van der Waals surface area contributed by atoms with Gasteiger partial charge in [0.15, 0.2) is 0 Å². The van der Waals surface area contributed by atoms with Crippen molar-refractivity contribution in [3.05, 3.63) is 0 Å². The molecule has 2 nitrogen and oxygen atoms in total. The molecule has 1 unspecified atom stereocenters. The molecule has 82 valence electrons. The lowest BCUT2D eigenvalue weighted by Crippen LogP contribution is -2.33. The average Bonchev–Trinajstić information content (AvgIpc) is 2.15. The van der Waals surface area contributed by atoms with Gasteiger partial charge < -0.3 is 5.32 Å². The maximum atomic E-state index is 5.32. The molecule has 0 aliphatic rings. The lowest BCUT2D eigenvalue weighted by Gasteiger charge is -2.21. The minimum absolute atomic E-state index is 0.595. The van der Waals surface area contributed by atoms with Crippen LogP contribution >= 0.6 is 0 Å². The second-order valence-electron chi connectivity index (χ2n) is 3.73. The van der Waals surface area contributed by atoms with Crippen LogP contribution in [0.5, 0.6) is 0 Å². The summed E-state index contributed by atoms with van der Waals surface area (Å²) >= 11 is 0. The lowest BCUT2D eigenvalue weighted by molar-refractivity contribution is 0.288. The molecule has 0 saturated heterocycles. The van der Waals surface area contributed by atoms with Gasteiger partial charge in [0, 0.05) is 12.6 Å². The second-order valence-corrected chi connectivity index (χ2v) is 3.73. The van der Waals surface area contributed by atoms with Crippen molar-refractivity contribution in [2.75, 3.05) is 26.2 Å². The summed E-state index contributed by atoms with van der Waals surface area (Å²) in [6, 6.07) is 0.595. The van der Waals surface area contributed by atoms with Gasteiger partial charge in [-0.15, -0.1) is 6.42 Å². The molecule has 0 aliphatic heterocycles. The van der Waals surface area contributed by atoms with Crippen LogP contribution in [0.4, 0.5) is 0 Å². The van der Waals surface area contributed by atoms with Gasteiger partial charge in [-0.1, -0.05) is 19.8 Å². The first-order valence-electron chi connectivity index (χ1n) is 5.63. The van der Waals surface area contributed by atoms with Gasteiger partial charge in [-0.3, -0.25) is 4.90 Å². The Labute approximate surface area is 89.1 Å². The molecule has 0 aliphatic carbocycles. The van der Waals surface area contributed by atoms with Crippen LogP contribution in [-0.2, 0) is 0 Å². The minimum atomic E-state index is 0.595. The van der Waals surface area contributed by atoms with E-state index in [2.05, 4.69) is 36.9 Å². The molecule has 0 radical (unpaired) electrons. The second kappa shape index (κ2) is 9.05. The molecule has 0 rings (SSSR count). The summed E-state index contributed by atoms with van der Waals surface area (Å²) in [5, 5.41) is 3.41. The summed E-state index contributed by atoms with van der Waals surface area (Å²) in [4.78, 5) is 2.34. The van der Waals surface area contributed by atoms with Gasteiger partial charge in [0.2, 0.25) is 0 Å². The summed E-state index contributed by atoms with van der Waals surface area (Å²) < 4.78 is 0. The van der Waals surface area contributed by atoms with Gasteiger partial charge in [-0.2, -0.15) is 0 Å². The SMILES string of the molecule is C#CCN(CCC)CCC(C)NCC. The highest BCUT2D eigenvalue weighted by Gasteiger charge is 2.04. The predicted octanol–water partition coefficient (Wildman–Crippen LogP) is 1.72. The third-order valence-electron chi connectivity index (χ3n) is 2.29. The van der Waals surface area contributed by atoms with E-state index in [0.717, 1.165) is 26.2 Å². The molecule has 14 heavy (non-hydrogen) atoms. The first kappa shape index (κ1) is 13.5. The molecule has 0 heterocycles. The lowest BCUT2D eigenvalue weighted by atomic mass is 10.2. The fourth-order valence-electron chi connectivity index (χ4n) is 1.54. The van der Waals surface area contributed by atoms with Crippen molar-refractivity contribution < 1.29 is 0 Å². The largest absolute Gasteiger partial charge is 0.314 e. The minimum Gasteiger partial charge on any atom is -0.314 e. The van der Waals surface area contributed by atoms with Gasteiger partial charge in [0.1, 0.15) is 0 Å². The Balaban J connectivity index is 3.64. The van der Waals surface area contributed by atoms with Crippen molar-refractivity contribution in [3.8, 4) is 12.3 Å². The van der Waals surface area contributed by atoms with Crippen molar-refractivity contribution in [1.29, 1.82) is 0 Å². The zero-order chi connectivity index (χ0) is 10.8. The third kappa shape index (κ3) is 6.94. The van der Waals surface area contributed by atoms with Gasteiger partial charge in [-0.05, 0) is 32.9 Å². The van der Waals surface area contributed by atoms with Gasteiger partial charge in [0.05, 0.1) is 6.54 Å². The van der Waals surface area contributed by atoms with E-state index in [1.165, 1.54) is 12.8 Å². The van der Waals surface area contributed by atoms with E-state index in [1.807, 2.05) is 0 Å². The molecule has 0 spiro atoms. The Bertz CT molecular complexity index is 160. The van der Waals surface area contributed by atoms with Gasteiger partial charge in [0.25, 0.3) is 0 Å². The fourth-order valence-corrected chi connectivity index (χ4v) is 1.54. The molecule has 2 heteroatoms. The Morgan fingerprint density at radius 1 is 1.36 bits per heavy atom. The molecule has 0 aromatic carbocycles. The summed E-state index contributed by atoms with van der Waals surface area (Å²) in [5.74, 6) is 2.71. The van der Waals surface area contributed by atoms with E-state index in [-0.39, 0.29) is 0 Å². The molecular weight excluding hydrogens is 172 g/mol. The number of nitrogens with zero attached hydrogens (tertiary/aromatic N) is 1. The van der Waals surface area contributed by atoms with Crippen molar-refractivity contribution in [1.82, 2.24) is 10.2 Å². The first-order chi connectivity index (χ1) is 6.74. The van der Waals surface area contributed by atoms with Gasteiger partial charge in [-0.25, -0.2) is 0 Å². The summed E-state index contributed by atoms with van der Waals surface area (Å²) in [6.07, 6.45) is 7.67. The predicted molar refractivity (Wildman–Crippen MR) is 63.3 cm³/mol. The number of hydrogen-bond acceptors (Lipinski definition) is 2. The molecule has 0 saturated carbocycles. The van der Waals surface area contributed by atoms with E-state index in [0.29, 0.717) is 6.04 Å². The molecule has 0 amide bonds. The van der Waals surface area contributed by atoms with Crippen LogP contribution in [0, 0.1) is 12.3 Å². The fraction of sp³-hybridized carbons (Fsp3) is 0.833. The Kier molecular flexibility index (Phi) is 8.72. The number of rotatable bonds is 8. The molecule has 1 N–H and O–H groups in total. The van der Waals surface area contributed by atoms with E-state index in [9.17, 15) is 0 Å². The number of hydrogen-bond donors (Lipinski definition) is 1. The zero-order valence-corrected chi connectivity index (χ0v) is 9.84. The molecule has 0 aromatic heterocycles. The molecular formula is C12H24N2. The Morgan fingerprint density at radius 3 is 2.57 bits per heavy atom. The monoisotopic (exact) mass is 196 g/mol. The molecule has 1 atom stereocenters. The van der Waals surface area contributed by atoms with Gasteiger partial charge >= 0.3 is 0 Å². The summed E-state index contributed by atoms with van der Waals surface area (Å²) in [5.41, 5.74) is 0. The summed E-state index contributed by atoms with van der Waals surface area (Å²) in [6.45, 7) is 10.6. The van der Waals surface area contributed by atoms with Crippen LogP contribution in [0.3, 0.4) is 0 Å². The maximum absolute atomic E-state index is 5.32. The van der Waals surface area contributed by atoms with E-state index >= 15 is 0 Å². The van der Waals surface area contributed by atoms with Crippen LogP contribution in [0.25, 0.3) is 0 Å². The standard InChI is InChI=1S/C12H24N2/c1-5-9-14(10-6-2)11-8-12(4)13-7-3/h1,12-13H,6-11H2,2-4H3. The molecule has 0 bridgehead atoms. The topological polar surface area (TPSA) is 15.3 Å². The van der Waals surface area contributed by atoms with Crippen LogP contribution in [0.15, 0.2) is 0 Å².